The van der Waals surface area contributed by atoms with Crippen LogP contribution in [0.4, 0.5) is 23.1 Å². The molecule has 16 rings (SSSR count). The molecule has 3 fully saturated rings. The highest BCUT2D eigenvalue weighted by molar-refractivity contribution is 6.23. The molecular weight excluding hydrogens is 1240 g/mol. The van der Waals surface area contributed by atoms with E-state index < -0.39 is 86.8 Å². The normalized spacial score (nSPS) is 23.2. The van der Waals surface area contributed by atoms with E-state index in [9.17, 15) is 40.9 Å². The van der Waals surface area contributed by atoms with Gasteiger partial charge in [-0.05, 0) is 73.3 Å². The SMILES string of the molecule is CN(C)c1ccc(CNc2ncnc3c2ncn3[C@@H]2O[C@H](CO)[C@H](O)C2O)cc1.COc1ccc(CNc2ncnc3c2ncn3[C@@H]2O[C@H](c3nn[nH]n3)[C@H](O)C2O)cc1.OC[C@H]1O[C@@H](n2cnc3c(NCc4ccc5ccc6cccc7ccc4c5c67)ncnc32)C(O)[C@H]1O. The maximum atomic E-state index is 10.5. The van der Waals surface area contributed by atoms with E-state index in [2.05, 4.69) is 136 Å². The fourth-order valence-electron chi connectivity index (χ4n) is 12.3. The number of nitrogens with one attached hydrogen (secondary N) is 4. The van der Waals surface area contributed by atoms with Crippen molar-refractivity contribution in [3.8, 4) is 5.75 Å². The highest BCUT2D eigenvalue weighted by Crippen LogP contribution is 2.41. The third kappa shape index (κ3) is 11.8. The van der Waals surface area contributed by atoms with Gasteiger partial charge in [-0.15, -0.1) is 10.2 Å². The number of nitrogens with zero attached hydrogens (tertiary/aromatic N) is 16. The van der Waals surface area contributed by atoms with Crippen LogP contribution in [0, 0.1) is 0 Å². The fraction of sp³-hybridized carbons (Fsp3) is 0.312. The second-order valence-electron chi connectivity index (χ2n) is 23.3. The molecule has 0 amide bonds. The van der Waals surface area contributed by atoms with Gasteiger partial charge in [0.15, 0.2) is 75.7 Å². The molecule has 0 spiro atoms. The van der Waals surface area contributed by atoms with Crippen molar-refractivity contribution in [1.29, 1.82) is 0 Å². The van der Waals surface area contributed by atoms with E-state index in [-0.39, 0.29) is 5.82 Å². The number of imidazole rings is 3. The maximum absolute atomic E-state index is 10.5. The van der Waals surface area contributed by atoms with Crippen LogP contribution in [0.5, 0.6) is 5.75 Å². The number of hydrogen-bond acceptors (Lipinski definition) is 28. The van der Waals surface area contributed by atoms with Gasteiger partial charge in [-0.3, -0.25) is 13.7 Å². The van der Waals surface area contributed by atoms with E-state index in [0.29, 0.717) is 70.6 Å². The predicted molar refractivity (Wildman–Crippen MR) is 347 cm³/mol. The molecule has 13 aromatic rings. The number of rotatable bonds is 17. The Morgan fingerprint density at radius 3 is 1.43 bits per heavy atom. The van der Waals surface area contributed by atoms with Gasteiger partial charge in [0, 0.05) is 39.4 Å². The van der Waals surface area contributed by atoms with Crippen molar-refractivity contribution in [2.45, 2.75) is 93.3 Å². The molecule has 32 heteroatoms. The van der Waals surface area contributed by atoms with Crippen molar-refractivity contribution < 1.29 is 59.8 Å². The lowest BCUT2D eigenvalue weighted by molar-refractivity contribution is -0.0511. The topological polar surface area (TPSA) is 423 Å². The molecule has 0 saturated carbocycles. The number of tetrazole rings is 1. The number of H-pyrrole nitrogens is 1. The predicted octanol–water partition coefficient (Wildman–Crippen LogP) is 3.02. The molecule has 494 valence electrons. The summed E-state index contributed by atoms with van der Waals surface area (Å²) < 4.78 is 26.9. The van der Waals surface area contributed by atoms with Crippen molar-refractivity contribution >= 4 is 88.9 Å². The largest absolute Gasteiger partial charge is 0.497 e. The molecular formula is C64H66N20O12. The van der Waals surface area contributed by atoms with Gasteiger partial charge in [0.1, 0.15) is 73.6 Å². The summed E-state index contributed by atoms with van der Waals surface area (Å²) in [7, 11) is 5.61. The van der Waals surface area contributed by atoms with Crippen molar-refractivity contribution in [2.24, 2.45) is 0 Å². The number of anilines is 4. The summed E-state index contributed by atoms with van der Waals surface area (Å²) in [4.78, 5) is 41.0. The van der Waals surface area contributed by atoms with E-state index in [1.165, 1.54) is 74.8 Å². The van der Waals surface area contributed by atoms with Crippen LogP contribution in [0.3, 0.4) is 0 Å². The van der Waals surface area contributed by atoms with E-state index in [1.54, 1.807) is 16.2 Å². The van der Waals surface area contributed by atoms with E-state index >= 15 is 0 Å². The molecule has 0 bridgehead atoms. The van der Waals surface area contributed by atoms with Crippen LogP contribution < -0.4 is 25.6 Å². The molecule has 0 aliphatic carbocycles. The lowest BCUT2D eigenvalue weighted by Gasteiger charge is -2.16. The van der Waals surface area contributed by atoms with Crippen LogP contribution >= 0.6 is 0 Å². The van der Waals surface area contributed by atoms with Gasteiger partial charge in [-0.25, -0.2) is 44.9 Å². The average Bonchev–Trinajstić information content (AvgIpc) is 1.33. The zero-order valence-electron chi connectivity index (χ0n) is 51.6. The van der Waals surface area contributed by atoms with Crippen LogP contribution in [0.2, 0.25) is 0 Å². The molecule has 7 aromatic heterocycles. The van der Waals surface area contributed by atoms with Crippen LogP contribution in [-0.4, -0.2) is 203 Å². The number of hydrogen-bond donors (Lipinski definition) is 12. The van der Waals surface area contributed by atoms with Gasteiger partial charge in [-0.1, -0.05) is 84.1 Å². The second kappa shape index (κ2) is 26.8. The monoisotopic (exact) mass is 1310 g/mol. The number of aromatic amines is 1. The summed E-state index contributed by atoms with van der Waals surface area (Å²) in [5.41, 5.74) is 7.28. The smallest absolute Gasteiger partial charge is 0.206 e. The number of ether oxygens (including phenoxy) is 4. The Labute approximate surface area is 543 Å². The summed E-state index contributed by atoms with van der Waals surface area (Å²) in [6.45, 7) is 0.809. The Bertz CT molecular complexity index is 4800. The van der Waals surface area contributed by atoms with E-state index in [4.69, 9.17) is 18.9 Å². The third-order valence-corrected chi connectivity index (χ3v) is 17.4. The summed E-state index contributed by atoms with van der Waals surface area (Å²) in [6.07, 6.45) is -4.04. The molecule has 3 saturated heterocycles. The Morgan fingerprint density at radius 2 is 0.958 bits per heavy atom. The standard InChI is InChI=1S/C27H23N5O4.C19H24N6O4.C18H19N9O4/c33-11-19-23(34)24(35)27(36-19)32-13-31-22-25(29-12-30-26(22)32)28-10-17-7-6-16-5-4-14-2-1-3-15-8-9-18(17)21(16)20(14)15;1-24(2)12-5-3-11(4-6-12)7-20-17-14-18(22-9-21-17)25(10-23-14)19-16(28)15(27)13(8-26)29-19;1-30-10-4-2-9(3-5-10)6-19-15-11-17(21-7-20-15)27(8-22-11)18-13(29)12(28)14(31-18)16-23-25-26-24-16/h1-9,12-13,19,23-24,27,33-35H,10-11H2,(H,28,29,30);3-6,9-10,13,15-16,19,26-28H,7-8H2,1-2H3,(H,20,21,22);2-5,7-8,12-14,18,28-29H,6H2,1H3,(H,19,20,21)(H,23,24,25,26)/t19-,23+,24?,27-;13-,15+,16?,19-;12-,13?,14+,18-/m111/s1. The van der Waals surface area contributed by atoms with Crippen molar-refractivity contribution in [2.75, 3.05) is 55.3 Å². The van der Waals surface area contributed by atoms with Gasteiger partial charge in [0.05, 0.1) is 39.3 Å². The molecule has 12 atom stereocenters. The average molecular weight is 1310 g/mol. The van der Waals surface area contributed by atoms with Gasteiger partial charge in [-0.2, -0.15) is 5.21 Å². The van der Waals surface area contributed by atoms with Crippen molar-refractivity contribution in [3.63, 3.8) is 0 Å². The first-order chi connectivity index (χ1) is 46.8. The van der Waals surface area contributed by atoms with Gasteiger partial charge in [0.25, 0.3) is 0 Å². The number of aliphatic hydroxyl groups is 8. The molecule has 3 aliphatic rings. The van der Waals surface area contributed by atoms with Crippen molar-refractivity contribution in [3.05, 3.63) is 164 Å². The van der Waals surface area contributed by atoms with Crippen LogP contribution in [0.1, 0.15) is 47.3 Å². The minimum absolute atomic E-state index is 0.148. The first-order valence-electron chi connectivity index (χ1n) is 30.6. The van der Waals surface area contributed by atoms with Gasteiger partial charge >= 0.3 is 0 Å². The van der Waals surface area contributed by atoms with E-state index in [0.717, 1.165) is 28.1 Å². The highest BCUT2D eigenvalue weighted by atomic mass is 16.6. The molecule has 6 aromatic carbocycles. The number of benzene rings is 6. The zero-order chi connectivity index (χ0) is 66.3. The summed E-state index contributed by atoms with van der Waals surface area (Å²) >= 11 is 0. The van der Waals surface area contributed by atoms with Crippen LogP contribution in [-0.2, 0) is 33.8 Å². The quantitative estimate of drug-likeness (QED) is 0.0583. The first-order valence-corrected chi connectivity index (χ1v) is 30.6. The fourth-order valence-corrected chi connectivity index (χ4v) is 12.3. The van der Waals surface area contributed by atoms with E-state index in [1.807, 2.05) is 67.5 Å². The molecule has 32 nitrogen and oxygen atoms in total. The first kappa shape index (κ1) is 63.1. The van der Waals surface area contributed by atoms with Crippen LogP contribution in [0.15, 0.2) is 141 Å². The summed E-state index contributed by atoms with van der Waals surface area (Å²) in [6, 6.07) is 35.2. The van der Waals surface area contributed by atoms with Gasteiger partial charge in [0.2, 0.25) is 5.82 Å². The summed E-state index contributed by atoms with van der Waals surface area (Å²) in [5, 5.41) is 111. The lowest BCUT2D eigenvalue weighted by atomic mass is 9.92. The Kier molecular flexibility index (Phi) is 17.6. The molecule has 3 aliphatic heterocycles. The Morgan fingerprint density at radius 1 is 0.500 bits per heavy atom. The Balaban J connectivity index is 0.000000125. The number of aromatic nitrogens is 16. The maximum Gasteiger partial charge on any atom is 0.206 e. The second-order valence-corrected chi connectivity index (χ2v) is 23.3. The number of fused-ring (bicyclic) bond motifs is 3. The molecule has 96 heavy (non-hydrogen) atoms. The minimum Gasteiger partial charge on any atom is -0.497 e. The Hall–Kier alpha value is -10.4. The molecule has 0 radical (unpaired) electrons. The van der Waals surface area contributed by atoms with Crippen LogP contribution in [0.25, 0.3) is 65.8 Å². The third-order valence-electron chi connectivity index (χ3n) is 17.4. The molecule has 12 N–H and O–H groups in total. The zero-order valence-corrected chi connectivity index (χ0v) is 51.6. The molecule has 3 unspecified atom stereocenters. The highest BCUT2D eigenvalue weighted by Gasteiger charge is 2.48. The van der Waals surface area contributed by atoms with Crippen molar-refractivity contribution in [1.82, 2.24) is 79.2 Å². The summed E-state index contributed by atoms with van der Waals surface area (Å²) in [5.74, 6) is 2.56. The lowest BCUT2D eigenvalue weighted by Crippen LogP contribution is -2.33. The number of aliphatic hydroxyl groups excluding tert-OH is 8. The minimum atomic E-state index is -1.24. The van der Waals surface area contributed by atoms with Gasteiger partial charge < -0.3 is 80.6 Å². The molecule has 10 heterocycles. The number of methoxy groups -OCH3 is 1.